The van der Waals surface area contributed by atoms with Crippen molar-refractivity contribution in [3.05, 3.63) is 53.3 Å². The molecule has 2 aromatic rings. The van der Waals surface area contributed by atoms with Crippen LogP contribution < -0.4 is 5.32 Å². The van der Waals surface area contributed by atoms with Crippen molar-refractivity contribution in [1.29, 1.82) is 0 Å². The van der Waals surface area contributed by atoms with Crippen LogP contribution in [0.25, 0.3) is 0 Å². The number of likely N-dealkylation sites (tertiary alicyclic amines) is 1. The Bertz CT molecular complexity index is 748. The van der Waals surface area contributed by atoms with Crippen LogP contribution >= 0.6 is 0 Å². The van der Waals surface area contributed by atoms with E-state index >= 15 is 0 Å². The van der Waals surface area contributed by atoms with Crippen molar-refractivity contribution in [1.82, 2.24) is 24.9 Å². The van der Waals surface area contributed by atoms with E-state index in [2.05, 4.69) is 69.8 Å². The molecule has 1 fully saturated rings. The molecule has 0 aliphatic carbocycles. The summed E-state index contributed by atoms with van der Waals surface area (Å²) in [4.78, 5) is 9.06. The zero-order valence-electron chi connectivity index (χ0n) is 16.3. The largest absolute Gasteiger partial charge is 0.352 e. The van der Waals surface area contributed by atoms with Crippen molar-refractivity contribution in [2.24, 2.45) is 12.0 Å². The van der Waals surface area contributed by atoms with Gasteiger partial charge >= 0.3 is 0 Å². The van der Waals surface area contributed by atoms with Crippen LogP contribution in [-0.4, -0.2) is 59.8 Å². The van der Waals surface area contributed by atoms with Crippen LogP contribution in [0.2, 0.25) is 0 Å². The number of aliphatic imine (C=N–C) groups is 1. The van der Waals surface area contributed by atoms with E-state index in [-0.39, 0.29) is 0 Å². The van der Waals surface area contributed by atoms with Crippen molar-refractivity contribution in [2.45, 2.75) is 25.4 Å². The highest BCUT2D eigenvalue weighted by molar-refractivity contribution is 5.80. The molecule has 1 saturated heterocycles. The normalized spacial score (nSPS) is 18.0. The fourth-order valence-electron chi connectivity index (χ4n) is 3.61. The van der Waals surface area contributed by atoms with E-state index in [1.54, 1.807) is 0 Å². The van der Waals surface area contributed by atoms with Crippen LogP contribution in [0.4, 0.5) is 0 Å². The number of aryl methyl sites for hydroxylation is 1. The quantitative estimate of drug-likeness (QED) is 0.659. The van der Waals surface area contributed by atoms with Crippen molar-refractivity contribution in [3.63, 3.8) is 0 Å². The van der Waals surface area contributed by atoms with Gasteiger partial charge in [0.25, 0.3) is 0 Å². The SMILES string of the molecule is CN=C(NCc1ccccc1CN(C)C)N1CCC(c2cnn(C)c2)C1. The molecule has 2 heterocycles. The van der Waals surface area contributed by atoms with E-state index in [0.29, 0.717) is 5.92 Å². The van der Waals surface area contributed by atoms with Gasteiger partial charge in [-0.15, -0.1) is 0 Å². The molecule has 1 aliphatic rings. The van der Waals surface area contributed by atoms with Crippen molar-refractivity contribution >= 4 is 5.96 Å². The summed E-state index contributed by atoms with van der Waals surface area (Å²) in [5, 5.41) is 7.86. The molecular formula is C20H30N6. The average Bonchev–Trinajstić information content (AvgIpc) is 3.25. The summed E-state index contributed by atoms with van der Waals surface area (Å²) in [7, 11) is 8.05. The highest BCUT2D eigenvalue weighted by Gasteiger charge is 2.26. The fourth-order valence-corrected chi connectivity index (χ4v) is 3.61. The van der Waals surface area contributed by atoms with E-state index in [1.807, 2.05) is 25.0 Å². The zero-order valence-corrected chi connectivity index (χ0v) is 16.3. The zero-order chi connectivity index (χ0) is 18.5. The minimum absolute atomic E-state index is 0.531. The summed E-state index contributed by atoms with van der Waals surface area (Å²) in [5.41, 5.74) is 4.00. The molecule has 1 aromatic carbocycles. The van der Waals surface area contributed by atoms with Crippen molar-refractivity contribution in [2.75, 3.05) is 34.2 Å². The average molecular weight is 355 g/mol. The number of benzene rings is 1. The first-order valence-electron chi connectivity index (χ1n) is 9.22. The maximum absolute atomic E-state index is 4.51. The summed E-state index contributed by atoms with van der Waals surface area (Å²) in [6.45, 7) is 3.76. The van der Waals surface area contributed by atoms with Gasteiger partial charge in [-0.25, -0.2) is 0 Å². The standard InChI is InChI=1S/C20H30N6/c1-21-20(22-11-16-7-5-6-8-17(16)13-24(2)3)26-10-9-18(15-26)19-12-23-25(4)14-19/h5-8,12,14,18H,9-11,13,15H2,1-4H3,(H,21,22). The number of nitrogens with zero attached hydrogens (tertiary/aromatic N) is 5. The van der Waals surface area contributed by atoms with Crippen molar-refractivity contribution < 1.29 is 0 Å². The molecule has 0 radical (unpaired) electrons. The molecule has 0 saturated carbocycles. The number of rotatable bonds is 5. The highest BCUT2D eigenvalue weighted by Crippen LogP contribution is 2.26. The number of guanidine groups is 1. The van der Waals surface area contributed by atoms with Gasteiger partial charge < -0.3 is 15.1 Å². The van der Waals surface area contributed by atoms with E-state index < -0.39 is 0 Å². The Morgan fingerprint density at radius 1 is 1.31 bits per heavy atom. The summed E-state index contributed by atoms with van der Waals surface area (Å²) >= 11 is 0. The molecule has 1 N–H and O–H groups in total. The van der Waals surface area contributed by atoms with Crippen molar-refractivity contribution in [3.8, 4) is 0 Å². The molecule has 1 aliphatic heterocycles. The van der Waals surface area contributed by atoms with Gasteiger partial charge in [-0.3, -0.25) is 9.67 Å². The molecule has 0 spiro atoms. The number of hydrogen-bond acceptors (Lipinski definition) is 3. The predicted molar refractivity (Wildman–Crippen MR) is 106 cm³/mol. The lowest BCUT2D eigenvalue weighted by Crippen LogP contribution is -2.39. The van der Waals surface area contributed by atoms with Crippen LogP contribution in [-0.2, 0) is 20.1 Å². The van der Waals surface area contributed by atoms with Crippen LogP contribution in [0.5, 0.6) is 0 Å². The first-order chi connectivity index (χ1) is 12.6. The Hall–Kier alpha value is -2.34. The lowest BCUT2D eigenvalue weighted by molar-refractivity contribution is 0.400. The third-order valence-electron chi connectivity index (χ3n) is 4.94. The lowest BCUT2D eigenvalue weighted by Gasteiger charge is -2.22. The Morgan fingerprint density at radius 2 is 2.08 bits per heavy atom. The lowest BCUT2D eigenvalue weighted by atomic mass is 10.0. The topological polar surface area (TPSA) is 48.7 Å². The van der Waals surface area contributed by atoms with E-state index in [9.17, 15) is 0 Å². The third-order valence-corrected chi connectivity index (χ3v) is 4.94. The molecule has 0 bridgehead atoms. The van der Waals surface area contributed by atoms with Crippen LogP contribution in [0, 0.1) is 0 Å². The summed E-state index contributed by atoms with van der Waals surface area (Å²) in [6, 6.07) is 8.61. The van der Waals surface area contributed by atoms with Crippen LogP contribution in [0.3, 0.4) is 0 Å². The monoisotopic (exact) mass is 354 g/mol. The Kier molecular flexibility index (Phi) is 5.93. The number of aromatic nitrogens is 2. The number of nitrogens with one attached hydrogen (secondary N) is 1. The van der Waals surface area contributed by atoms with Gasteiger partial charge in [-0.05, 0) is 37.2 Å². The van der Waals surface area contributed by atoms with Crippen LogP contribution in [0.1, 0.15) is 29.0 Å². The Balaban J connectivity index is 1.61. The first kappa shape index (κ1) is 18.5. The summed E-state index contributed by atoms with van der Waals surface area (Å²) < 4.78 is 1.88. The second-order valence-electron chi connectivity index (χ2n) is 7.29. The van der Waals surface area contributed by atoms with Crippen LogP contribution in [0.15, 0.2) is 41.7 Å². The fraction of sp³-hybridized carbons (Fsp3) is 0.500. The van der Waals surface area contributed by atoms with Gasteiger partial charge in [0.1, 0.15) is 0 Å². The molecule has 6 nitrogen and oxygen atoms in total. The smallest absolute Gasteiger partial charge is 0.193 e. The van der Waals surface area contributed by atoms with E-state index in [0.717, 1.165) is 38.6 Å². The maximum atomic E-state index is 4.51. The highest BCUT2D eigenvalue weighted by atomic mass is 15.3. The molecule has 1 atom stereocenters. The molecule has 0 amide bonds. The minimum Gasteiger partial charge on any atom is -0.352 e. The number of hydrogen-bond donors (Lipinski definition) is 1. The van der Waals surface area contributed by atoms with Gasteiger partial charge in [0, 0.05) is 52.4 Å². The molecule has 1 aromatic heterocycles. The summed E-state index contributed by atoms with van der Waals surface area (Å²) in [5.74, 6) is 1.51. The van der Waals surface area contributed by atoms with Gasteiger partial charge in [0.05, 0.1) is 6.20 Å². The summed E-state index contributed by atoms with van der Waals surface area (Å²) in [6.07, 6.45) is 5.26. The second-order valence-corrected chi connectivity index (χ2v) is 7.29. The van der Waals surface area contributed by atoms with E-state index in [1.165, 1.54) is 16.7 Å². The van der Waals surface area contributed by atoms with E-state index in [4.69, 9.17) is 0 Å². The second kappa shape index (κ2) is 8.36. The van der Waals surface area contributed by atoms with Gasteiger partial charge in [-0.1, -0.05) is 24.3 Å². The third kappa shape index (κ3) is 4.43. The maximum Gasteiger partial charge on any atom is 0.193 e. The molecule has 6 heteroatoms. The Morgan fingerprint density at radius 3 is 2.73 bits per heavy atom. The molecule has 140 valence electrons. The molecular weight excluding hydrogens is 324 g/mol. The predicted octanol–water partition coefficient (Wildman–Crippen LogP) is 2.05. The van der Waals surface area contributed by atoms with Gasteiger partial charge in [-0.2, -0.15) is 5.10 Å². The Labute approximate surface area is 156 Å². The first-order valence-corrected chi connectivity index (χ1v) is 9.22. The molecule has 26 heavy (non-hydrogen) atoms. The molecule has 3 rings (SSSR count). The molecule has 1 unspecified atom stereocenters. The minimum atomic E-state index is 0.531. The van der Waals surface area contributed by atoms with Gasteiger partial charge in [0.2, 0.25) is 0 Å². The van der Waals surface area contributed by atoms with Gasteiger partial charge in [0.15, 0.2) is 5.96 Å².